The van der Waals surface area contributed by atoms with Crippen molar-refractivity contribution in [3.05, 3.63) is 0 Å². The maximum Gasteiger partial charge on any atom is 0.338 e. The molecule has 0 heterocycles. The van der Waals surface area contributed by atoms with E-state index in [0.29, 0.717) is 0 Å². The quantitative estimate of drug-likeness (QED) is 0.275. The van der Waals surface area contributed by atoms with Gasteiger partial charge in [0.15, 0.2) is 0 Å². The van der Waals surface area contributed by atoms with E-state index in [1.54, 1.807) is 0 Å². The maximum atomic E-state index is 6.99. The molecule has 0 bridgehead atoms. The van der Waals surface area contributed by atoms with Crippen molar-refractivity contribution < 1.29 is 8.85 Å². The van der Waals surface area contributed by atoms with Crippen LogP contribution in [0.3, 0.4) is 0 Å². The van der Waals surface area contributed by atoms with Gasteiger partial charge in [-0.05, 0) is 38.8 Å². The van der Waals surface area contributed by atoms with Gasteiger partial charge in [0.2, 0.25) is 0 Å². The first-order chi connectivity index (χ1) is 11.0. The molecule has 2 nitrogen and oxygen atoms in total. The molecule has 0 aromatic carbocycles. The lowest BCUT2D eigenvalue weighted by Gasteiger charge is -2.41. The van der Waals surface area contributed by atoms with E-state index in [1.807, 2.05) is 0 Å². The van der Waals surface area contributed by atoms with Gasteiger partial charge in [0, 0.05) is 6.61 Å². The molecule has 0 aliphatic rings. The van der Waals surface area contributed by atoms with Gasteiger partial charge in [0.1, 0.15) is 0 Å². The zero-order valence-electron chi connectivity index (χ0n) is 17.0. The third-order valence-electron chi connectivity index (χ3n) is 4.78. The van der Waals surface area contributed by atoms with Crippen molar-refractivity contribution in [2.24, 2.45) is 0 Å². The molecule has 23 heavy (non-hydrogen) atoms. The van der Waals surface area contributed by atoms with Gasteiger partial charge < -0.3 is 8.85 Å². The Morgan fingerprint density at radius 3 is 1.48 bits per heavy atom. The minimum Gasteiger partial charge on any atom is -0.394 e. The van der Waals surface area contributed by atoms with Crippen molar-refractivity contribution in [1.29, 1.82) is 0 Å². The monoisotopic (exact) mass is 344 g/mol. The molecule has 0 rings (SSSR count). The Balaban J connectivity index is 5.17. The first-order valence-corrected chi connectivity index (χ1v) is 12.6. The third kappa shape index (κ3) is 9.88. The average molecular weight is 345 g/mol. The first kappa shape index (κ1) is 23.1. The van der Waals surface area contributed by atoms with Gasteiger partial charge in [-0.25, -0.2) is 0 Å². The molecular formula is C20H44O2Si. The highest BCUT2D eigenvalue weighted by Gasteiger charge is 2.42. The Bertz CT molecular complexity index is 252. The van der Waals surface area contributed by atoms with Crippen molar-refractivity contribution in [2.45, 2.75) is 123 Å². The van der Waals surface area contributed by atoms with Gasteiger partial charge in [0.25, 0.3) is 0 Å². The summed E-state index contributed by atoms with van der Waals surface area (Å²) in [5, 5.41) is 0. The molecule has 0 saturated heterocycles. The summed E-state index contributed by atoms with van der Waals surface area (Å²) in [7, 11) is -2.07. The Kier molecular flexibility index (Phi) is 13.5. The lowest BCUT2D eigenvalue weighted by molar-refractivity contribution is 0.0165. The molecule has 0 spiro atoms. The predicted molar refractivity (Wildman–Crippen MR) is 105 cm³/mol. The molecule has 0 N–H and O–H groups in total. The fraction of sp³-hybridized carbons (Fsp3) is 1.00. The zero-order chi connectivity index (χ0) is 17.6. The molecule has 0 unspecified atom stereocenters. The van der Waals surface area contributed by atoms with Gasteiger partial charge >= 0.3 is 8.56 Å². The van der Waals surface area contributed by atoms with E-state index in [4.69, 9.17) is 8.85 Å². The van der Waals surface area contributed by atoms with E-state index in [-0.39, 0.29) is 5.60 Å². The lowest BCUT2D eigenvalue weighted by Crippen LogP contribution is -2.49. The summed E-state index contributed by atoms with van der Waals surface area (Å²) >= 11 is 0. The summed E-state index contributed by atoms with van der Waals surface area (Å²) < 4.78 is 13.4. The van der Waals surface area contributed by atoms with Crippen LogP contribution in [-0.4, -0.2) is 20.8 Å². The summed E-state index contributed by atoms with van der Waals surface area (Å²) in [4.78, 5) is 0. The molecule has 0 aromatic heterocycles. The van der Waals surface area contributed by atoms with Gasteiger partial charge in [-0.3, -0.25) is 0 Å². The van der Waals surface area contributed by atoms with Crippen LogP contribution in [0, 0.1) is 0 Å². The van der Waals surface area contributed by atoms with Crippen molar-refractivity contribution in [3.63, 3.8) is 0 Å². The van der Waals surface area contributed by atoms with Crippen LogP contribution in [0.5, 0.6) is 0 Å². The SMILES string of the molecule is CCCCC(C)(CCCC)O[Si](CCCC)(CCCC)OCC. The molecule has 0 radical (unpaired) electrons. The molecule has 0 aromatic rings. The zero-order valence-corrected chi connectivity index (χ0v) is 18.0. The van der Waals surface area contributed by atoms with Crippen LogP contribution < -0.4 is 0 Å². The van der Waals surface area contributed by atoms with E-state index in [2.05, 4.69) is 41.5 Å². The van der Waals surface area contributed by atoms with Crippen LogP contribution in [0.15, 0.2) is 0 Å². The summed E-state index contributed by atoms with van der Waals surface area (Å²) in [6, 6.07) is 2.34. The van der Waals surface area contributed by atoms with E-state index < -0.39 is 8.56 Å². The molecule has 0 atom stereocenters. The Labute approximate surface area is 148 Å². The summed E-state index contributed by atoms with van der Waals surface area (Å²) in [6.07, 6.45) is 12.3. The van der Waals surface area contributed by atoms with Crippen LogP contribution in [0.25, 0.3) is 0 Å². The van der Waals surface area contributed by atoms with E-state index in [1.165, 1.54) is 76.3 Å². The Morgan fingerprint density at radius 1 is 0.696 bits per heavy atom. The lowest BCUT2D eigenvalue weighted by atomic mass is 9.93. The number of rotatable bonds is 16. The minimum absolute atomic E-state index is 0.0227. The highest BCUT2D eigenvalue weighted by Crippen LogP contribution is 2.35. The second kappa shape index (κ2) is 13.4. The highest BCUT2D eigenvalue weighted by atomic mass is 28.4. The van der Waals surface area contributed by atoms with E-state index in [0.717, 1.165) is 6.61 Å². The number of hydrogen-bond acceptors (Lipinski definition) is 2. The highest BCUT2D eigenvalue weighted by molar-refractivity contribution is 6.67. The van der Waals surface area contributed by atoms with Crippen LogP contribution in [-0.2, 0) is 8.85 Å². The summed E-state index contributed by atoms with van der Waals surface area (Å²) in [5.41, 5.74) is 0.0227. The predicted octanol–water partition coefficient (Wildman–Crippen LogP) is 7.22. The van der Waals surface area contributed by atoms with Gasteiger partial charge in [-0.15, -0.1) is 0 Å². The summed E-state index contributed by atoms with van der Waals surface area (Å²) in [6.45, 7) is 14.4. The van der Waals surface area contributed by atoms with Crippen LogP contribution in [0.2, 0.25) is 12.1 Å². The largest absolute Gasteiger partial charge is 0.394 e. The van der Waals surface area contributed by atoms with Crippen molar-refractivity contribution in [3.8, 4) is 0 Å². The average Bonchev–Trinajstić information content (AvgIpc) is 2.55. The van der Waals surface area contributed by atoms with Crippen LogP contribution in [0.4, 0.5) is 0 Å². The Hall–Kier alpha value is 0.137. The molecule has 0 aliphatic carbocycles. The van der Waals surface area contributed by atoms with E-state index in [9.17, 15) is 0 Å². The maximum absolute atomic E-state index is 6.99. The number of unbranched alkanes of at least 4 members (excludes halogenated alkanes) is 4. The van der Waals surface area contributed by atoms with Gasteiger partial charge in [-0.1, -0.05) is 79.1 Å². The molecule has 0 amide bonds. The van der Waals surface area contributed by atoms with Crippen molar-refractivity contribution >= 4 is 8.56 Å². The minimum atomic E-state index is -2.07. The molecule has 140 valence electrons. The molecule has 0 saturated carbocycles. The fourth-order valence-corrected chi connectivity index (χ4v) is 7.55. The molecular weight excluding hydrogens is 300 g/mol. The normalized spacial score (nSPS) is 12.8. The standard InChI is InChI=1S/C20H44O2Si/c1-7-12-16-20(6,17-13-8-2)22-23(21-11-5,18-14-9-3)19-15-10-4/h7-19H2,1-6H3. The fourth-order valence-electron chi connectivity index (χ4n) is 3.33. The van der Waals surface area contributed by atoms with Gasteiger partial charge in [0.05, 0.1) is 5.60 Å². The van der Waals surface area contributed by atoms with Crippen molar-refractivity contribution in [1.82, 2.24) is 0 Å². The Morgan fingerprint density at radius 2 is 1.13 bits per heavy atom. The van der Waals surface area contributed by atoms with Gasteiger partial charge in [-0.2, -0.15) is 0 Å². The first-order valence-electron chi connectivity index (χ1n) is 10.4. The molecule has 0 fully saturated rings. The summed E-state index contributed by atoms with van der Waals surface area (Å²) in [5.74, 6) is 0. The van der Waals surface area contributed by atoms with Crippen molar-refractivity contribution in [2.75, 3.05) is 6.61 Å². The van der Waals surface area contributed by atoms with Crippen LogP contribution in [0.1, 0.15) is 106 Å². The topological polar surface area (TPSA) is 18.5 Å². The second-order valence-corrected chi connectivity index (χ2v) is 10.6. The van der Waals surface area contributed by atoms with E-state index >= 15 is 0 Å². The number of hydrogen-bond donors (Lipinski definition) is 0. The molecule has 3 heteroatoms. The third-order valence-corrected chi connectivity index (χ3v) is 8.69. The smallest absolute Gasteiger partial charge is 0.338 e. The molecule has 0 aliphatic heterocycles. The van der Waals surface area contributed by atoms with Crippen LogP contribution >= 0.6 is 0 Å². The second-order valence-electron chi connectivity index (χ2n) is 7.31.